The first kappa shape index (κ1) is 25.0. The molecule has 0 saturated heterocycles. The van der Waals surface area contributed by atoms with Crippen molar-refractivity contribution in [2.24, 2.45) is 11.1 Å². The number of hydrogen-bond donors (Lipinski definition) is 7. The SMILES string of the molecule is CC(C)(C(=O)O)C(N)[C@H](NC(=O)c1ccc(NCc2cnc3nc(N)[nH]c(=O)c3n2)cc1)C(=O)O. The van der Waals surface area contributed by atoms with Crippen LogP contribution in [0.2, 0.25) is 0 Å². The molecule has 0 aliphatic heterocycles. The average Bonchev–Trinajstić information content (AvgIpc) is 2.80. The van der Waals surface area contributed by atoms with E-state index >= 15 is 0 Å². The number of nitrogens with zero attached hydrogens (tertiary/aromatic N) is 3. The van der Waals surface area contributed by atoms with Gasteiger partial charge in [0.1, 0.15) is 6.04 Å². The third-order valence-corrected chi connectivity index (χ3v) is 5.40. The van der Waals surface area contributed by atoms with E-state index in [4.69, 9.17) is 11.5 Å². The zero-order chi connectivity index (χ0) is 25.9. The third kappa shape index (κ3) is 5.50. The molecule has 0 spiro atoms. The van der Waals surface area contributed by atoms with E-state index in [9.17, 15) is 29.4 Å². The van der Waals surface area contributed by atoms with E-state index in [1.54, 1.807) is 12.1 Å². The van der Waals surface area contributed by atoms with Crippen molar-refractivity contribution in [2.75, 3.05) is 11.1 Å². The van der Waals surface area contributed by atoms with E-state index < -0.39 is 40.9 Å². The van der Waals surface area contributed by atoms with Gasteiger partial charge in [-0.2, -0.15) is 4.98 Å². The minimum Gasteiger partial charge on any atom is -0.481 e. The van der Waals surface area contributed by atoms with Crippen LogP contribution >= 0.6 is 0 Å². The Labute approximate surface area is 197 Å². The topological polar surface area (TPSA) is 239 Å². The Bertz CT molecular complexity index is 1340. The monoisotopic (exact) mass is 484 g/mol. The quantitative estimate of drug-likeness (QED) is 0.204. The fraction of sp³-hybridized carbons (Fsp3) is 0.286. The molecule has 0 saturated carbocycles. The highest BCUT2D eigenvalue weighted by Crippen LogP contribution is 2.22. The van der Waals surface area contributed by atoms with Gasteiger partial charge in [0.2, 0.25) is 5.95 Å². The molecule has 2 heterocycles. The van der Waals surface area contributed by atoms with Gasteiger partial charge >= 0.3 is 11.9 Å². The predicted octanol–water partition coefficient (Wildman–Crippen LogP) is -0.471. The van der Waals surface area contributed by atoms with Gasteiger partial charge in [-0.25, -0.2) is 14.8 Å². The second-order valence-electron chi connectivity index (χ2n) is 8.26. The lowest BCUT2D eigenvalue weighted by Crippen LogP contribution is -2.60. The maximum absolute atomic E-state index is 12.6. The summed E-state index contributed by atoms with van der Waals surface area (Å²) in [6.07, 6.45) is 1.44. The summed E-state index contributed by atoms with van der Waals surface area (Å²) in [5.41, 5.74) is 10.6. The summed E-state index contributed by atoms with van der Waals surface area (Å²) in [7, 11) is 0. The van der Waals surface area contributed by atoms with Gasteiger partial charge in [-0.1, -0.05) is 0 Å². The highest BCUT2D eigenvalue weighted by molar-refractivity contribution is 5.97. The number of carbonyl (C=O) groups is 3. The number of anilines is 2. The summed E-state index contributed by atoms with van der Waals surface area (Å²) in [4.78, 5) is 62.1. The van der Waals surface area contributed by atoms with E-state index in [0.717, 1.165) is 0 Å². The smallest absolute Gasteiger partial charge is 0.327 e. The Hall–Kier alpha value is -4.59. The number of H-pyrrole nitrogens is 1. The van der Waals surface area contributed by atoms with Crippen LogP contribution in [0.25, 0.3) is 11.2 Å². The van der Waals surface area contributed by atoms with Gasteiger partial charge in [0.15, 0.2) is 11.2 Å². The van der Waals surface area contributed by atoms with E-state index in [0.29, 0.717) is 11.4 Å². The number of aromatic nitrogens is 4. The number of carboxylic acid groups (broad SMARTS) is 2. The lowest BCUT2D eigenvalue weighted by molar-refractivity contribution is -0.150. The summed E-state index contributed by atoms with van der Waals surface area (Å²) >= 11 is 0. The molecule has 35 heavy (non-hydrogen) atoms. The van der Waals surface area contributed by atoms with Crippen molar-refractivity contribution in [1.82, 2.24) is 25.3 Å². The maximum atomic E-state index is 12.6. The molecule has 14 heteroatoms. The van der Waals surface area contributed by atoms with E-state index in [1.807, 2.05) is 0 Å². The minimum absolute atomic E-state index is 0.0442. The Morgan fingerprint density at radius 2 is 1.80 bits per heavy atom. The van der Waals surface area contributed by atoms with Gasteiger partial charge in [0.05, 0.1) is 29.9 Å². The molecule has 0 fully saturated rings. The van der Waals surface area contributed by atoms with Crippen molar-refractivity contribution in [1.29, 1.82) is 0 Å². The molecule has 2 atom stereocenters. The molecule has 3 rings (SSSR count). The predicted molar refractivity (Wildman–Crippen MR) is 124 cm³/mol. The molecule has 184 valence electrons. The van der Waals surface area contributed by atoms with Crippen LogP contribution in [0.4, 0.5) is 11.6 Å². The zero-order valence-electron chi connectivity index (χ0n) is 18.8. The number of amides is 1. The summed E-state index contributed by atoms with van der Waals surface area (Å²) < 4.78 is 0. The number of aliphatic carboxylic acids is 2. The number of fused-ring (bicyclic) bond motifs is 1. The zero-order valence-corrected chi connectivity index (χ0v) is 18.8. The van der Waals surface area contributed by atoms with Crippen LogP contribution in [0.5, 0.6) is 0 Å². The second-order valence-corrected chi connectivity index (χ2v) is 8.26. The molecule has 2 aromatic heterocycles. The minimum atomic E-state index is -1.62. The Balaban J connectivity index is 1.67. The van der Waals surface area contributed by atoms with Gasteiger partial charge in [0.25, 0.3) is 11.5 Å². The number of carbonyl (C=O) groups excluding carboxylic acids is 1. The Morgan fingerprint density at radius 3 is 2.40 bits per heavy atom. The first-order valence-corrected chi connectivity index (χ1v) is 10.3. The number of nitrogen functional groups attached to an aromatic ring is 1. The number of rotatable bonds is 9. The van der Waals surface area contributed by atoms with Crippen LogP contribution in [0.3, 0.4) is 0 Å². The number of benzene rings is 1. The summed E-state index contributed by atoms with van der Waals surface area (Å²) in [6.45, 7) is 2.77. The molecule has 3 aromatic rings. The Morgan fingerprint density at radius 1 is 1.14 bits per heavy atom. The van der Waals surface area contributed by atoms with Crippen molar-refractivity contribution in [3.63, 3.8) is 0 Å². The highest BCUT2D eigenvalue weighted by Gasteiger charge is 2.43. The number of carboxylic acids is 2. The lowest BCUT2D eigenvalue weighted by Gasteiger charge is -2.31. The molecule has 9 N–H and O–H groups in total. The van der Waals surface area contributed by atoms with Crippen LogP contribution < -0.4 is 27.7 Å². The number of aromatic amines is 1. The van der Waals surface area contributed by atoms with Crippen molar-refractivity contribution >= 4 is 40.6 Å². The summed E-state index contributed by atoms with van der Waals surface area (Å²) in [5.74, 6) is -3.53. The number of nitrogens with two attached hydrogens (primary N) is 2. The van der Waals surface area contributed by atoms with Crippen LogP contribution in [0.1, 0.15) is 29.9 Å². The molecule has 14 nitrogen and oxygen atoms in total. The van der Waals surface area contributed by atoms with Crippen LogP contribution in [-0.2, 0) is 16.1 Å². The Kier molecular flexibility index (Phi) is 6.96. The van der Waals surface area contributed by atoms with Crippen molar-refractivity contribution in [3.8, 4) is 0 Å². The van der Waals surface area contributed by atoms with Crippen LogP contribution in [0, 0.1) is 5.41 Å². The molecule has 1 aromatic carbocycles. The maximum Gasteiger partial charge on any atom is 0.327 e. The van der Waals surface area contributed by atoms with E-state index in [-0.39, 0.29) is 29.2 Å². The molecule has 0 aliphatic rings. The van der Waals surface area contributed by atoms with Crippen LogP contribution in [-0.4, -0.2) is 60.1 Å². The van der Waals surface area contributed by atoms with Crippen molar-refractivity contribution in [2.45, 2.75) is 32.5 Å². The van der Waals surface area contributed by atoms with Crippen LogP contribution in [0.15, 0.2) is 35.3 Å². The standard InChI is InChI=1S/C21H24N8O6/c1-21(2,19(34)35)14(22)12(18(32)33)27-16(30)9-3-5-10(6-4-9)24-7-11-8-25-15-13(26-11)17(31)29-20(23)28-15/h3-6,8,12,14,24H,7,22H2,1-2H3,(H,27,30)(H,32,33)(H,34,35)(H3,23,25,28,29,31)/t12-,14?/m0/s1. The molecule has 0 radical (unpaired) electrons. The summed E-state index contributed by atoms with van der Waals surface area (Å²) in [5, 5.41) is 24.1. The van der Waals surface area contributed by atoms with E-state index in [1.165, 1.54) is 32.2 Å². The van der Waals surface area contributed by atoms with Gasteiger partial charge < -0.3 is 32.3 Å². The lowest BCUT2D eigenvalue weighted by atomic mass is 9.81. The third-order valence-electron chi connectivity index (χ3n) is 5.40. The fourth-order valence-corrected chi connectivity index (χ4v) is 3.08. The van der Waals surface area contributed by atoms with Crippen molar-refractivity contribution in [3.05, 3.63) is 52.1 Å². The molecule has 1 unspecified atom stereocenters. The second kappa shape index (κ2) is 9.72. The molecular weight excluding hydrogens is 460 g/mol. The molecular formula is C21H24N8O6. The molecule has 0 aliphatic carbocycles. The van der Waals surface area contributed by atoms with Gasteiger partial charge in [-0.05, 0) is 38.1 Å². The normalized spacial score (nSPS) is 13.1. The highest BCUT2D eigenvalue weighted by atomic mass is 16.4. The van der Waals surface area contributed by atoms with Gasteiger partial charge in [0, 0.05) is 11.3 Å². The van der Waals surface area contributed by atoms with Gasteiger partial charge in [-0.3, -0.25) is 19.4 Å². The number of nitrogens with one attached hydrogen (secondary N) is 3. The fourth-order valence-electron chi connectivity index (χ4n) is 3.08. The molecule has 0 bridgehead atoms. The summed E-state index contributed by atoms with van der Waals surface area (Å²) in [6, 6.07) is 3.06. The first-order chi connectivity index (χ1) is 16.4. The van der Waals surface area contributed by atoms with Crippen molar-refractivity contribution < 1.29 is 24.6 Å². The number of hydrogen-bond acceptors (Lipinski definition) is 10. The largest absolute Gasteiger partial charge is 0.481 e. The average molecular weight is 484 g/mol. The van der Waals surface area contributed by atoms with E-state index in [2.05, 4.69) is 30.6 Å². The molecule has 1 amide bonds. The first-order valence-electron chi connectivity index (χ1n) is 10.3. The van der Waals surface area contributed by atoms with Gasteiger partial charge in [-0.15, -0.1) is 0 Å².